The van der Waals surface area contributed by atoms with Crippen molar-refractivity contribution in [1.29, 1.82) is 0 Å². The second-order valence-corrected chi connectivity index (χ2v) is 10.1. The van der Waals surface area contributed by atoms with E-state index in [9.17, 15) is 14.4 Å². The first-order chi connectivity index (χ1) is 17.8. The molecule has 6 nitrogen and oxygen atoms in total. The average Bonchev–Trinajstić information content (AvgIpc) is 3.05. The van der Waals surface area contributed by atoms with Gasteiger partial charge >= 0.3 is 103 Å². The number of hydrogen-bond donors (Lipinski definition) is 3. The van der Waals surface area contributed by atoms with Gasteiger partial charge in [0.1, 0.15) is 0 Å². The first kappa shape index (κ1) is 32.5. The summed E-state index contributed by atoms with van der Waals surface area (Å²) in [5.41, 5.74) is 5.95. The van der Waals surface area contributed by atoms with Crippen LogP contribution in [0.25, 0.3) is 0 Å². The van der Waals surface area contributed by atoms with Crippen molar-refractivity contribution >= 4 is 17.9 Å². The van der Waals surface area contributed by atoms with Crippen LogP contribution in [0.5, 0.6) is 0 Å². The van der Waals surface area contributed by atoms with Crippen molar-refractivity contribution in [3.63, 3.8) is 0 Å². The van der Waals surface area contributed by atoms with E-state index < -0.39 is 17.9 Å². The molecule has 0 bridgehead atoms. The van der Waals surface area contributed by atoms with E-state index in [1.165, 1.54) is 11.1 Å². The summed E-state index contributed by atoms with van der Waals surface area (Å²) in [6.45, 7) is 11.4. The Labute approximate surface area is 239 Å². The molecule has 3 aromatic rings. The van der Waals surface area contributed by atoms with Crippen molar-refractivity contribution < 1.29 is 54.4 Å². The monoisotopic (exact) mass is 591 g/mol. The van der Waals surface area contributed by atoms with Crippen molar-refractivity contribution in [2.45, 2.75) is 34.6 Å². The zero-order valence-electron chi connectivity index (χ0n) is 22.2. The molecule has 0 saturated heterocycles. The van der Waals surface area contributed by atoms with Crippen LogP contribution in [0.1, 0.15) is 65.7 Å². The summed E-state index contributed by atoms with van der Waals surface area (Å²) >= 11 is 1.57. The zero-order valence-corrected chi connectivity index (χ0v) is 24.7. The van der Waals surface area contributed by atoms with E-state index in [-0.39, 0.29) is 0 Å². The Hall–Kier alpha value is -3.57. The SMILES string of the molecule is CC1=C(C)C(C)(C)[C]([Zr])=C1C.O=C(O)c1ccccc1.O=C(O)c1ccccc1.O=C(O)c1ccccc1. The van der Waals surface area contributed by atoms with Gasteiger partial charge in [-0.1, -0.05) is 54.6 Å². The molecule has 0 amide bonds. The van der Waals surface area contributed by atoms with Crippen LogP contribution in [0.15, 0.2) is 111 Å². The van der Waals surface area contributed by atoms with Crippen molar-refractivity contribution in [3.05, 3.63) is 128 Å². The Morgan fingerprint density at radius 1 is 0.553 bits per heavy atom. The molecule has 38 heavy (non-hydrogen) atoms. The number of carboxylic acids is 3. The van der Waals surface area contributed by atoms with Crippen molar-refractivity contribution in [1.82, 2.24) is 0 Å². The normalized spacial score (nSPS) is 13.1. The van der Waals surface area contributed by atoms with Gasteiger partial charge in [0.15, 0.2) is 0 Å². The molecule has 3 aromatic carbocycles. The fraction of sp³-hybridized carbons (Fsp3) is 0.194. The first-order valence-electron chi connectivity index (χ1n) is 11.8. The maximum atomic E-state index is 10.2. The molecule has 4 rings (SSSR count). The smallest absolute Gasteiger partial charge is 0.335 e. The third kappa shape index (κ3) is 10.1. The quantitative estimate of drug-likeness (QED) is 0.293. The number of rotatable bonds is 3. The Kier molecular flexibility index (Phi) is 13.4. The zero-order chi connectivity index (χ0) is 28.9. The van der Waals surface area contributed by atoms with Crippen LogP contribution in [0, 0.1) is 5.41 Å². The summed E-state index contributed by atoms with van der Waals surface area (Å²) in [4.78, 5) is 30.6. The summed E-state index contributed by atoms with van der Waals surface area (Å²) in [5.74, 6) is -2.64. The molecular formula is C31H33O6Zr. The minimum absolute atomic E-state index is 0.331. The van der Waals surface area contributed by atoms with Crippen molar-refractivity contribution in [3.8, 4) is 0 Å². The number of carbonyl (C=O) groups is 3. The van der Waals surface area contributed by atoms with Crippen molar-refractivity contribution in [2.24, 2.45) is 5.41 Å². The number of carboxylic acid groups (broad SMARTS) is 3. The van der Waals surface area contributed by atoms with E-state index in [2.05, 4.69) is 34.6 Å². The van der Waals surface area contributed by atoms with Gasteiger partial charge in [-0.25, -0.2) is 14.4 Å². The fourth-order valence-corrected chi connectivity index (χ4v) is 4.26. The maximum Gasteiger partial charge on any atom is 0.335 e. The van der Waals surface area contributed by atoms with Crippen LogP contribution in [0.4, 0.5) is 0 Å². The van der Waals surface area contributed by atoms with Crippen LogP contribution in [0.2, 0.25) is 0 Å². The van der Waals surface area contributed by atoms with Gasteiger partial charge in [0, 0.05) is 0 Å². The van der Waals surface area contributed by atoms with E-state index in [4.69, 9.17) is 15.3 Å². The summed E-state index contributed by atoms with van der Waals surface area (Å²) in [5, 5.41) is 25.2. The standard InChI is InChI=1S/C10H15.3C7H6O2.Zr/c1-7-6-10(4,5)9(3)8(7)2;3*8-7(9)6-4-2-1-3-5-6;/h1-5H3;3*1-5H,(H,8,9);. The minimum Gasteiger partial charge on any atom is -0.478 e. The van der Waals surface area contributed by atoms with E-state index in [1.54, 1.807) is 125 Å². The maximum absolute atomic E-state index is 10.2. The Balaban J connectivity index is 0.000000254. The molecule has 0 aliphatic heterocycles. The van der Waals surface area contributed by atoms with Crippen LogP contribution in [-0.2, 0) is 24.7 Å². The molecule has 1 aliphatic rings. The molecule has 0 spiro atoms. The summed E-state index contributed by atoms with van der Waals surface area (Å²) in [7, 11) is 0. The molecule has 197 valence electrons. The topological polar surface area (TPSA) is 112 Å². The van der Waals surface area contributed by atoms with Gasteiger partial charge in [-0.15, -0.1) is 0 Å². The molecular weight excluding hydrogens is 560 g/mol. The Morgan fingerprint density at radius 3 is 0.921 bits per heavy atom. The molecule has 0 fully saturated rings. The molecule has 0 unspecified atom stereocenters. The molecule has 3 N–H and O–H groups in total. The molecule has 1 aliphatic carbocycles. The fourth-order valence-electron chi connectivity index (χ4n) is 3.34. The predicted octanol–water partition coefficient (Wildman–Crippen LogP) is 7.34. The first-order valence-corrected chi connectivity index (χ1v) is 13.0. The van der Waals surface area contributed by atoms with E-state index >= 15 is 0 Å². The van der Waals surface area contributed by atoms with Crippen LogP contribution >= 0.6 is 0 Å². The molecule has 7 heteroatoms. The Morgan fingerprint density at radius 2 is 0.816 bits per heavy atom. The summed E-state index contributed by atoms with van der Waals surface area (Å²) in [6, 6.07) is 24.9. The molecule has 0 saturated carbocycles. The van der Waals surface area contributed by atoms with Gasteiger partial charge in [0.05, 0.1) is 16.7 Å². The van der Waals surface area contributed by atoms with Crippen LogP contribution in [-0.4, -0.2) is 33.2 Å². The summed E-state index contributed by atoms with van der Waals surface area (Å²) < 4.78 is 1.62. The number of aromatic carboxylic acids is 3. The average molecular weight is 593 g/mol. The molecule has 0 atom stereocenters. The second kappa shape index (κ2) is 15.6. The van der Waals surface area contributed by atoms with Crippen LogP contribution in [0.3, 0.4) is 0 Å². The molecule has 0 heterocycles. The molecule has 0 aromatic heterocycles. The Bertz CT molecular complexity index is 1130. The number of benzene rings is 3. The number of allylic oxidation sites excluding steroid dienone is 4. The molecule has 0 radical (unpaired) electrons. The van der Waals surface area contributed by atoms with Gasteiger partial charge < -0.3 is 15.3 Å². The van der Waals surface area contributed by atoms with Gasteiger partial charge in [0.25, 0.3) is 0 Å². The largest absolute Gasteiger partial charge is 0.478 e. The van der Waals surface area contributed by atoms with E-state index in [0.29, 0.717) is 22.1 Å². The second-order valence-electron chi connectivity index (χ2n) is 8.89. The number of hydrogen-bond acceptors (Lipinski definition) is 3. The third-order valence-electron chi connectivity index (χ3n) is 6.12. The summed E-state index contributed by atoms with van der Waals surface area (Å²) in [6.07, 6.45) is 0. The predicted molar refractivity (Wildman–Crippen MR) is 145 cm³/mol. The minimum atomic E-state index is -0.879. The third-order valence-corrected chi connectivity index (χ3v) is 8.58. The van der Waals surface area contributed by atoms with Gasteiger partial charge in [-0.2, -0.15) is 0 Å². The van der Waals surface area contributed by atoms with Gasteiger partial charge in [-0.05, 0) is 36.4 Å². The van der Waals surface area contributed by atoms with Crippen molar-refractivity contribution in [2.75, 3.05) is 0 Å². The van der Waals surface area contributed by atoms with E-state index in [0.717, 1.165) is 0 Å². The van der Waals surface area contributed by atoms with Gasteiger partial charge in [-0.3, -0.25) is 0 Å². The van der Waals surface area contributed by atoms with Crippen LogP contribution < -0.4 is 0 Å². The van der Waals surface area contributed by atoms with E-state index in [1.807, 2.05) is 0 Å². The van der Waals surface area contributed by atoms with Gasteiger partial charge in [0.2, 0.25) is 0 Å².